The lowest BCUT2D eigenvalue weighted by Crippen LogP contribution is -2.63. The van der Waals surface area contributed by atoms with Crippen molar-refractivity contribution in [3.05, 3.63) is 101 Å². The van der Waals surface area contributed by atoms with Gasteiger partial charge in [0.15, 0.2) is 0 Å². The van der Waals surface area contributed by atoms with E-state index in [1.807, 2.05) is 13.8 Å². The summed E-state index contributed by atoms with van der Waals surface area (Å²) in [6.07, 6.45) is -0.554. The summed E-state index contributed by atoms with van der Waals surface area (Å²) in [6, 6.07) is 8.27. The Kier molecular flexibility index (Phi) is 17.1. The molecule has 0 aliphatic carbocycles. The minimum atomic E-state index is -2.36. The van der Waals surface area contributed by atoms with E-state index < -0.39 is 92.9 Å². The van der Waals surface area contributed by atoms with Gasteiger partial charge in [0.2, 0.25) is 11.8 Å². The quantitative estimate of drug-likeness (QED) is 0.0215. The van der Waals surface area contributed by atoms with Crippen molar-refractivity contribution in [2.45, 2.75) is 87.4 Å². The summed E-state index contributed by atoms with van der Waals surface area (Å²) in [5.74, 6) is -7.12. The fourth-order valence-electron chi connectivity index (χ4n) is 9.96. The van der Waals surface area contributed by atoms with Crippen LogP contribution in [-0.4, -0.2) is 147 Å². The molecule has 0 bridgehead atoms. The molecule has 6 aliphatic rings. The number of hydrogen-bond donors (Lipinski definition) is 7. The number of ether oxygens (including phenoxy) is 2. The predicted molar refractivity (Wildman–Crippen MR) is 256 cm³/mol. The van der Waals surface area contributed by atoms with Crippen molar-refractivity contribution in [2.24, 2.45) is 28.8 Å². The second-order valence-corrected chi connectivity index (χ2v) is 21.3. The van der Waals surface area contributed by atoms with Crippen LogP contribution in [0.3, 0.4) is 0 Å². The summed E-state index contributed by atoms with van der Waals surface area (Å²) in [6.45, 7) is 9.01. The second kappa shape index (κ2) is 22.7. The lowest BCUT2D eigenvalue weighted by atomic mass is 9.79. The minimum Gasteiger partial charge on any atom is -0.760 e. The van der Waals surface area contributed by atoms with E-state index in [1.165, 1.54) is 71.4 Å². The van der Waals surface area contributed by atoms with Gasteiger partial charge in [-0.2, -0.15) is 0 Å². The van der Waals surface area contributed by atoms with E-state index in [0.717, 1.165) is 24.3 Å². The Bertz CT molecular complexity index is 2430. The van der Waals surface area contributed by atoms with E-state index in [-0.39, 0.29) is 68.3 Å². The van der Waals surface area contributed by atoms with Crippen LogP contribution < -0.4 is 26.6 Å². The summed E-state index contributed by atoms with van der Waals surface area (Å²) < 4.78 is 28.0. The molecule has 1 unspecified atom stereocenters. The van der Waals surface area contributed by atoms with Gasteiger partial charge in [0.25, 0.3) is 11.4 Å². The van der Waals surface area contributed by atoms with Crippen molar-refractivity contribution in [3.63, 3.8) is 0 Å². The number of hydrogen-bond acceptors (Lipinski definition) is 22. The number of amides is 2. The third-order valence-corrected chi connectivity index (χ3v) is 16.4. The van der Waals surface area contributed by atoms with Crippen LogP contribution in [0.4, 0.5) is 11.4 Å². The van der Waals surface area contributed by atoms with Gasteiger partial charge in [-0.1, -0.05) is 13.8 Å². The van der Waals surface area contributed by atoms with Gasteiger partial charge in [-0.05, 0) is 51.0 Å². The number of carbonyl (C=O) groups is 6. The number of nitro groups is 2. The number of non-ortho nitro benzene ring substituents is 2. The number of aliphatic hydroxyl groups is 2. The number of esters is 4. The Morgan fingerprint density at radius 1 is 0.722 bits per heavy atom. The van der Waals surface area contributed by atoms with E-state index in [4.69, 9.17) is 18.2 Å². The van der Waals surface area contributed by atoms with Gasteiger partial charge < -0.3 is 44.7 Å². The van der Waals surface area contributed by atoms with Crippen molar-refractivity contribution in [3.8, 4) is 0 Å². The maximum atomic E-state index is 13.6. The van der Waals surface area contributed by atoms with Gasteiger partial charge in [0, 0.05) is 106 Å². The van der Waals surface area contributed by atoms with Gasteiger partial charge in [-0.15, -0.1) is 23.5 Å². The summed E-state index contributed by atoms with van der Waals surface area (Å²) in [5, 5.41) is 53.9. The van der Waals surface area contributed by atoms with Crippen LogP contribution in [-0.2, 0) is 39.9 Å². The first kappa shape index (κ1) is 54.2. The third kappa shape index (κ3) is 11.3. The molecule has 28 heteroatoms. The van der Waals surface area contributed by atoms with Crippen LogP contribution in [0.15, 0.2) is 69.7 Å². The van der Waals surface area contributed by atoms with Crippen molar-refractivity contribution >= 4 is 81.9 Å². The van der Waals surface area contributed by atoms with Gasteiger partial charge >= 0.3 is 23.9 Å². The zero-order chi connectivity index (χ0) is 52.5. The molecular weight excluding hydrogens is 1010 g/mol. The standard InChI is InChI=1S/C44H50N8O14S2.H3NO2S/c1-19-33-31(21(3)53)39(55)49(33)35(43(59)65-41(57)23-5-9-27(10-6-23)51(61)62)37(19)67-29-13-25(45-17-29)15-47-48-16-26-14-30(18-46-26)68-38-20(2)34-32(22(4)54)40(56)50(34)36(38)44(60)66-42(58)24-7-11-28(12-8-24)52(63)64;1-4(2)3/h5-12,19-22,25-26,29-34,45-48,53-54H,13-18H2,1-4H3;1H2,(H,2,3)/p-1/t19-,20-,21-,22-,25+,26+,29+,30+,31-,32-,33-,34-;/m1./s1. The molecule has 2 aromatic rings. The van der Waals surface area contributed by atoms with E-state index >= 15 is 0 Å². The van der Waals surface area contributed by atoms with Crippen molar-refractivity contribution in [2.75, 3.05) is 26.2 Å². The average Bonchev–Trinajstić information content (AvgIpc) is 4.08. The van der Waals surface area contributed by atoms with E-state index in [2.05, 4.69) is 26.6 Å². The highest BCUT2D eigenvalue weighted by Gasteiger charge is 2.62. The molecule has 4 saturated heterocycles. The first-order chi connectivity index (χ1) is 34.1. The number of rotatable bonds is 17. The predicted octanol–water partition coefficient (Wildman–Crippen LogP) is 0.469. The molecule has 13 atom stereocenters. The Hall–Kier alpha value is -5.53. The van der Waals surface area contributed by atoms with E-state index in [1.54, 1.807) is 0 Å². The lowest BCUT2D eigenvalue weighted by Gasteiger charge is -2.46. The first-order valence-electron chi connectivity index (χ1n) is 22.7. The van der Waals surface area contributed by atoms with Crippen molar-refractivity contribution in [1.82, 2.24) is 31.3 Å². The second-order valence-electron chi connectivity index (χ2n) is 18.1. The summed E-state index contributed by atoms with van der Waals surface area (Å²) in [5.41, 5.74) is 5.84. The largest absolute Gasteiger partial charge is 0.760 e. The summed E-state index contributed by atoms with van der Waals surface area (Å²) in [7, 11) is 0. The number of nitrogens with one attached hydrogen (secondary N) is 4. The number of carbonyl (C=O) groups excluding carboxylic acids is 6. The third-order valence-electron chi connectivity index (χ3n) is 13.4. The molecule has 0 aromatic heterocycles. The number of benzene rings is 2. The Morgan fingerprint density at radius 2 is 1.06 bits per heavy atom. The van der Waals surface area contributed by atoms with Crippen molar-refractivity contribution in [1.29, 1.82) is 0 Å². The average molecular weight is 1060 g/mol. The maximum Gasteiger partial charge on any atom is 0.363 e. The lowest BCUT2D eigenvalue weighted by molar-refractivity contribution is -0.385. The normalized spacial score (nSPS) is 28.5. The van der Waals surface area contributed by atoms with Crippen LogP contribution in [0.2, 0.25) is 0 Å². The van der Waals surface area contributed by atoms with Crippen LogP contribution in [0.1, 0.15) is 61.3 Å². The van der Waals surface area contributed by atoms with Crippen LogP contribution in [0.25, 0.3) is 0 Å². The molecule has 8 N–H and O–H groups in total. The van der Waals surface area contributed by atoms with E-state index in [9.17, 15) is 59.2 Å². The van der Waals surface area contributed by atoms with Crippen LogP contribution >= 0.6 is 23.5 Å². The summed E-state index contributed by atoms with van der Waals surface area (Å²) in [4.78, 5) is 104. The van der Waals surface area contributed by atoms with Crippen molar-refractivity contribution < 1.29 is 67.1 Å². The number of nitrogens with zero attached hydrogens (tertiary/aromatic N) is 4. The number of nitro benzene ring substituents is 2. The zero-order valence-electron chi connectivity index (χ0n) is 39.0. The fourth-order valence-corrected chi connectivity index (χ4v) is 13.0. The molecule has 2 aromatic carbocycles. The molecule has 8 rings (SSSR count). The molecule has 2 amide bonds. The molecule has 25 nitrogen and oxygen atoms in total. The summed E-state index contributed by atoms with van der Waals surface area (Å²) >= 11 is 0.495. The molecular formula is C44H52N9O16S3-. The molecule has 4 fully saturated rings. The van der Waals surface area contributed by atoms with Crippen LogP contribution in [0.5, 0.6) is 0 Å². The maximum absolute atomic E-state index is 13.6. The Labute approximate surface area is 422 Å². The SMILES string of the molecule is C[C@@H](O)[C@H]1C(=O)N2C(C(=O)OC(=O)c3ccc([N+](=O)[O-])cc3)=C(S[C@@H]3CN[C@H](CNNC[C@@H]4C[C@H](SC5=C(C(=O)OC(=O)c6ccc([N+](=O)[O-])cc6)N6C(=O)[C@H]([C@@H](C)O)[C@H]6[C@H]5C)CN4)C3)[C@H](C)[C@H]12.NS(=O)[O-]. The van der Waals surface area contributed by atoms with Crippen LogP contribution in [0, 0.1) is 43.9 Å². The molecule has 0 saturated carbocycles. The molecule has 72 heavy (non-hydrogen) atoms. The number of β-lactam (4-membered cyclic amide) rings is 2. The number of thioether (sulfide) groups is 2. The topological polar surface area (TPSA) is 368 Å². The number of fused-ring (bicyclic) bond motifs is 2. The van der Waals surface area contributed by atoms with Gasteiger partial charge in [-0.25, -0.2) is 19.2 Å². The molecule has 0 spiro atoms. The minimum absolute atomic E-state index is 0.0203. The smallest absolute Gasteiger partial charge is 0.363 e. The number of hydrazine groups is 1. The Morgan fingerprint density at radius 3 is 1.36 bits per heavy atom. The zero-order valence-corrected chi connectivity index (χ0v) is 41.4. The molecule has 388 valence electrons. The highest BCUT2D eigenvalue weighted by Crippen LogP contribution is 2.53. The molecule has 6 heterocycles. The van der Waals surface area contributed by atoms with E-state index in [0.29, 0.717) is 48.8 Å². The highest BCUT2D eigenvalue weighted by molar-refractivity contribution is 8.04. The number of aliphatic hydroxyl groups excluding tert-OH is 2. The number of nitrogens with two attached hydrogens (primary N) is 1. The Balaban J connectivity index is 0.00000183. The molecule has 0 radical (unpaired) electrons. The fraction of sp³-hybridized carbons (Fsp3) is 0.500. The van der Waals surface area contributed by atoms with Gasteiger partial charge in [0.1, 0.15) is 11.4 Å². The van der Waals surface area contributed by atoms with Gasteiger partial charge in [0.05, 0.1) is 57.1 Å². The first-order valence-corrected chi connectivity index (χ1v) is 25.6. The highest BCUT2D eigenvalue weighted by atomic mass is 32.2. The van der Waals surface area contributed by atoms with Gasteiger partial charge in [-0.3, -0.25) is 50.0 Å². The monoisotopic (exact) mass is 1060 g/mol. The molecule has 6 aliphatic heterocycles.